The van der Waals surface area contributed by atoms with Crippen LogP contribution in [0.4, 0.5) is 0 Å². The molecule has 2 aliphatic rings. The summed E-state index contributed by atoms with van der Waals surface area (Å²) in [5, 5.41) is 60.3. The zero-order valence-electron chi connectivity index (χ0n) is 16.7. The Labute approximate surface area is 175 Å². The lowest BCUT2D eigenvalue weighted by Crippen LogP contribution is -2.42. The Balaban J connectivity index is 0.000000785. The quantitative estimate of drug-likeness (QED) is 0.143. The van der Waals surface area contributed by atoms with Crippen molar-refractivity contribution in [3.63, 3.8) is 0 Å². The number of fused-ring (bicyclic) bond motifs is 2. The topological polar surface area (TPSA) is 222 Å². The molecule has 8 N–H and O–H groups in total. The van der Waals surface area contributed by atoms with Crippen LogP contribution in [0.15, 0.2) is 21.7 Å². The second-order valence-corrected chi connectivity index (χ2v) is 6.85. The standard InChI is InChI=1S/C17H20N4O6.BH3O3/c1-7-3-9-10(4-8(7)2)21(5-11(23)14(25)12(24)6-22)15-13(18-9)16(26)20-17(27)19-15;2-1(3)4/h3-4,11-12,14,22-25H,5-6H2,1-2H3,(H,20,26,27);2-4H. The van der Waals surface area contributed by atoms with Crippen LogP contribution in [0, 0.1) is 13.8 Å². The number of rotatable bonds is 5. The Kier molecular flexibility index (Phi) is 7.97. The van der Waals surface area contributed by atoms with Gasteiger partial charge in [0, 0.05) is 0 Å². The first-order valence-electron chi connectivity index (χ1n) is 9.07. The number of benzene rings is 1. The van der Waals surface area contributed by atoms with E-state index in [0.29, 0.717) is 11.0 Å². The molecule has 0 saturated carbocycles. The number of H-pyrrole nitrogens is 1. The van der Waals surface area contributed by atoms with E-state index in [4.69, 9.17) is 20.2 Å². The van der Waals surface area contributed by atoms with Crippen molar-refractivity contribution < 1.29 is 35.5 Å². The predicted octanol–water partition coefficient (Wildman–Crippen LogP) is -3.78. The molecule has 0 spiro atoms. The Morgan fingerprint density at radius 1 is 1.03 bits per heavy atom. The van der Waals surface area contributed by atoms with E-state index in [1.165, 1.54) is 4.57 Å². The van der Waals surface area contributed by atoms with Gasteiger partial charge in [0.05, 0.1) is 24.2 Å². The van der Waals surface area contributed by atoms with Gasteiger partial charge >= 0.3 is 13.0 Å². The molecule has 0 fully saturated rings. The first kappa shape index (κ1) is 24.6. The minimum absolute atomic E-state index is 0.0516. The van der Waals surface area contributed by atoms with E-state index in [1.807, 2.05) is 13.8 Å². The van der Waals surface area contributed by atoms with E-state index in [1.54, 1.807) is 12.1 Å². The van der Waals surface area contributed by atoms with Gasteiger partial charge in [-0.3, -0.25) is 9.78 Å². The van der Waals surface area contributed by atoms with Crippen molar-refractivity contribution in [2.45, 2.75) is 38.7 Å². The van der Waals surface area contributed by atoms with Crippen LogP contribution < -0.4 is 11.2 Å². The molecule has 3 unspecified atom stereocenters. The van der Waals surface area contributed by atoms with Crippen molar-refractivity contribution in [3.8, 4) is 11.5 Å². The summed E-state index contributed by atoms with van der Waals surface area (Å²) in [6.07, 6.45) is -4.68. The number of aliphatic hydroxyl groups is 4. The molecular weight excluding hydrogens is 415 g/mol. The van der Waals surface area contributed by atoms with Gasteiger partial charge in [-0.25, -0.2) is 9.78 Å². The summed E-state index contributed by atoms with van der Waals surface area (Å²) in [7, 11) is -2.17. The molecule has 0 amide bonds. The predicted molar refractivity (Wildman–Crippen MR) is 108 cm³/mol. The first-order valence-corrected chi connectivity index (χ1v) is 9.07. The van der Waals surface area contributed by atoms with E-state index >= 15 is 0 Å². The minimum atomic E-state index is -2.17. The number of nitrogens with one attached hydrogen (secondary N) is 1. The zero-order chi connectivity index (χ0) is 23.5. The van der Waals surface area contributed by atoms with Gasteiger partial charge in [-0.1, -0.05) is 0 Å². The maximum Gasteiger partial charge on any atom is 0.631 e. The fourth-order valence-corrected chi connectivity index (χ4v) is 2.89. The van der Waals surface area contributed by atoms with Gasteiger partial charge in [-0.15, -0.1) is 0 Å². The summed E-state index contributed by atoms with van der Waals surface area (Å²) in [5.41, 5.74) is 1.11. The molecule has 3 atom stereocenters. The lowest BCUT2D eigenvalue weighted by Gasteiger charge is -2.25. The highest BCUT2D eigenvalue weighted by atomic mass is 16.5. The third-order valence-corrected chi connectivity index (χ3v) is 4.57. The van der Waals surface area contributed by atoms with Crippen molar-refractivity contribution >= 4 is 18.4 Å². The summed E-state index contributed by atoms with van der Waals surface area (Å²) >= 11 is 0. The van der Waals surface area contributed by atoms with Gasteiger partial charge in [-0.2, -0.15) is 4.98 Å². The smallest absolute Gasteiger partial charge is 0.402 e. The van der Waals surface area contributed by atoms with Gasteiger partial charge in [-0.05, 0) is 37.1 Å². The molecule has 2 heterocycles. The summed E-state index contributed by atoms with van der Waals surface area (Å²) in [6, 6.07) is 3.53. The largest absolute Gasteiger partial charge is 0.631 e. The highest BCUT2D eigenvalue weighted by molar-refractivity contribution is 6.30. The van der Waals surface area contributed by atoms with Crippen LogP contribution >= 0.6 is 0 Å². The number of hydrogen-bond donors (Lipinski definition) is 8. The second-order valence-electron chi connectivity index (χ2n) is 6.85. The second kappa shape index (κ2) is 10.1. The molecule has 0 bridgehead atoms. The molecule has 1 aromatic rings. The molecular formula is C17H23BN4O9. The zero-order valence-corrected chi connectivity index (χ0v) is 16.7. The SMILES string of the molecule is Cc1cc2nc3c(=O)[nH]c(=O)nc-3n(CC(O)C(O)C(O)CO)c2cc1C.OB(O)O. The average Bonchev–Trinajstić information content (AvgIpc) is 2.68. The Bertz CT molecular complexity index is 1130. The first-order chi connectivity index (χ1) is 14.5. The van der Waals surface area contributed by atoms with Crippen molar-refractivity contribution in [3.05, 3.63) is 44.1 Å². The molecule has 3 rings (SSSR count). The van der Waals surface area contributed by atoms with E-state index in [0.717, 1.165) is 11.1 Å². The summed E-state index contributed by atoms with van der Waals surface area (Å²) < 4.78 is 1.40. The highest BCUT2D eigenvalue weighted by Crippen LogP contribution is 2.24. The average molecular weight is 438 g/mol. The molecule has 0 radical (unpaired) electrons. The van der Waals surface area contributed by atoms with Crippen LogP contribution in [0.25, 0.3) is 22.6 Å². The number of aliphatic hydroxyl groups excluding tert-OH is 4. The fraction of sp³-hybridized carbons (Fsp3) is 0.412. The Morgan fingerprint density at radius 3 is 2.19 bits per heavy atom. The van der Waals surface area contributed by atoms with Crippen LogP contribution in [0.3, 0.4) is 0 Å². The van der Waals surface area contributed by atoms with Gasteiger partial charge in [0.2, 0.25) is 0 Å². The molecule has 14 heteroatoms. The third kappa shape index (κ3) is 5.71. The number of aromatic amines is 1. The fourth-order valence-electron chi connectivity index (χ4n) is 2.89. The number of nitrogens with zero attached hydrogens (tertiary/aromatic N) is 3. The maximum atomic E-state index is 12.2. The van der Waals surface area contributed by atoms with Gasteiger partial charge in [0.25, 0.3) is 5.56 Å². The Morgan fingerprint density at radius 2 is 1.61 bits per heavy atom. The lowest BCUT2D eigenvalue weighted by molar-refractivity contribution is -0.0802. The van der Waals surface area contributed by atoms with Crippen LogP contribution in [-0.4, -0.2) is 87.3 Å². The van der Waals surface area contributed by atoms with Gasteiger partial charge in [0.1, 0.15) is 18.3 Å². The minimum Gasteiger partial charge on any atom is -0.402 e. The summed E-state index contributed by atoms with van der Waals surface area (Å²) in [5.74, 6) is -0.0516. The Hall–Kier alpha value is -2.72. The molecule has 1 aromatic carbocycles. The van der Waals surface area contributed by atoms with Crippen LogP contribution in [0.5, 0.6) is 0 Å². The van der Waals surface area contributed by atoms with Crippen molar-refractivity contribution in [2.75, 3.05) is 6.61 Å². The number of aryl methyl sites for hydroxylation is 2. The van der Waals surface area contributed by atoms with E-state index in [-0.39, 0.29) is 18.1 Å². The van der Waals surface area contributed by atoms with Crippen LogP contribution in [-0.2, 0) is 6.54 Å². The molecule has 31 heavy (non-hydrogen) atoms. The highest BCUT2D eigenvalue weighted by Gasteiger charge is 2.27. The van der Waals surface area contributed by atoms with E-state index < -0.39 is 43.5 Å². The molecule has 13 nitrogen and oxygen atoms in total. The molecule has 0 aliphatic carbocycles. The molecule has 168 valence electrons. The van der Waals surface area contributed by atoms with Crippen molar-refractivity contribution in [1.82, 2.24) is 19.5 Å². The van der Waals surface area contributed by atoms with E-state index in [9.17, 15) is 24.9 Å². The van der Waals surface area contributed by atoms with Crippen molar-refractivity contribution in [2.24, 2.45) is 0 Å². The normalized spacial score (nSPS) is 14.1. The van der Waals surface area contributed by atoms with Gasteiger partial charge < -0.3 is 40.1 Å². The van der Waals surface area contributed by atoms with Crippen molar-refractivity contribution in [1.29, 1.82) is 0 Å². The number of aromatic nitrogens is 4. The molecule has 0 aromatic heterocycles. The summed E-state index contributed by atoms with van der Waals surface area (Å²) in [4.78, 5) is 34.0. The number of hydrogen-bond acceptors (Lipinski definition) is 11. The maximum absolute atomic E-state index is 12.2. The van der Waals surface area contributed by atoms with Crippen LogP contribution in [0.1, 0.15) is 11.1 Å². The molecule has 2 aliphatic heterocycles. The third-order valence-electron chi connectivity index (χ3n) is 4.57. The van der Waals surface area contributed by atoms with Crippen LogP contribution in [0.2, 0.25) is 0 Å². The van der Waals surface area contributed by atoms with Gasteiger partial charge in [0.15, 0.2) is 11.5 Å². The summed E-state index contributed by atoms with van der Waals surface area (Å²) in [6.45, 7) is 2.73. The van der Waals surface area contributed by atoms with E-state index in [2.05, 4.69) is 15.0 Å². The lowest BCUT2D eigenvalue weighted by atomic mass is 10.1. The monoisotopic (exact) mass is 438 g/mol. The molecule has 0 saturated heterocycles.